The van der Waals surface area contributed by atoms with Crippen LogP contribution in [0.2, 0.25) is 0 Å². The Hall–Kier alpha value is -1.04. The van der Waals surface area contributed by atoms with E-state index in [1.807, 2.05) is 36.9 Å². The lowest BCUT2D eigenvalue weighted by molar-refractivity contribution is -0.0493. The number of aliphatic hydroxyl groups excluding tert-OH is 1. The fourth-order valence-electron chi connectivity index (χ4n) is 2.06. The first kappa shape index (κ1) is 16.3. The van der Waals surface area contributed by atoms with Crippen LogP contribution in [0.3, 0.4) is 0 Å². The van der Waals surface area contributed by atoms with Crippen LogP contribution < -0.4 is 5.73 Å². The largest absolute Gasteiger partial charge is 0.394 e. The van der Waals surface area contributed by atoms with Gasteiger partial charge in [0.15, 0.2) is 5.65 Å². The number of hydrogen-bond donors (Lipinski definition) is 2. The molecule has 0 amide bonds. The van der Waals surface area contributed by atoms with E-state index < -0.39 is 0 Å². The third-order valence-corrected chi connectivity index (χ3v) is 3.34. The molecule has 0 fully saturated rings. The third kappa shape index (κ3) is 3.99. The van der Waals surface area contributed by atoms with Gasteiger partial charge in [-0.25, -0.2) is 9.97 Å². The van der Waals surface area contributed by atoms with E-state index in [2.05, 4.69) is 15.0 Å². The minimum Gasteiger partial charge on any atom is -0.394 e. The van der Waals surface area contributed by atoms with E-state index in [1.165, 1.54) is 0 Å². The number of imidazole rings is 1. The minimum atomic E-state index is -0.375. The highest BCUT2D eigenvalue weighted by Gasteiger charge is 2.16. The number of rotatable bonds is 7. The summed E-state index contributed by atoms with van der Waals surface area (Å²) < 4.78 is 12.5. The molecule has 2 atom stereocenters. The number of fused-ring (bicyclic) bond motifs is 1. The Labute approximate surface area is 136 Å². The molecule has 9 heteroatoms. The van der Waals surface area contributed by atoms with E-state index in [0.29, 0.717) is 24.3 Å². The van der Waals surface area contributed by atoms with Crippen LogP contribution in [-0.4, -0.2) is 50.0 Å². The zero-order valence-corrected chi connectivity index (χ0v) is 14.0. The maximum absolute atomic E-state index is 9.46. The average Bonchev–Trinajstić information content (AvgIpc) is 2.81. The maximum Gasteiger partial charge on any atom is 0.222 e. The predicted octanol–water partition coefficient (Wildman–Crippen LogP) is 0.850. The van der Waals surface area contributed by atoms with Gasteiger partial charge in [-0.1, -0.05) is 0 Å². The minimum absolute atomic E-state index is 0.106. The lowest BCUT2D eigenvalue weighted by Crippen LogP contribution is -2.29. The van der Waals surface area contributed by atoms with Gasteiger partial charge in [-0.05, 0) is 13.8 Å². The normalized spacial score (nSPS) is 14.5. The Balaban J connectivity index is 2.18. The Morgan fingerprint density at radius 1 is 1.48 bits per heavy atom. The summed E-state index contributed by atoms with van der Waals surface area (Å²) in [6, 6.07) is 0. The Morgan fingerprint density at radius 2 is 2.24 bits per heavy atom. The summed E-state index contributed by atoms with van der Waals surface area (Å²) in [7, 11) is 0. The SMILES string of the molecule is Cc1nc(N)nc2c1ncn2C[C@@H](CO)O[C@@H](C)COI. The van der Waals surface area contributed by atoms with Crippen molar-refractivity contribution in [1.29, 1.82) is 0 Å². The Bertz CT molecular complexity index is 606. The molecule has 0 aliphatic rings. The number of ether oxygens (including phenoxy) is 1. The van der Waals surface area contributed by atoms with E-state index in [1.54, 1.807) is 10.9 Å². The fraction of sp³-hybridized carbons (Fsp3) is 0.583. The summed E-state index contributed by atoms with van der Waals surface area (Å²) in [6.07, 6.45) is 1.16. The second kappa shape index (κ2) is 7.29. The average molecular weight is 407 g/mol. The molecule has 3 N–H and O–H groups in total. The molecule has 0 saturated carbocycles. The highest BCUT2D eigenvalue weighted by Crippen LogP contribution is 2.15. The molecule has 2 heterocycles. The van der Waals surface area contributed by atoms with Gasteiger partial charge in [0.05, 0.1) is 44.0 Å². The predicted molar refractivity (Wildman–Crippen MR) is 85.9 cm³/mol. The van der Waals surface area contributed by atoms with Crippen molar-refractivity contribution in [3.63, 3.8) is 0 Å². The van der Waals surface area contributed by atoms with Crippen molar-refractivity contribution in [1.82, 2.24) is 19.5 Å². The highest BCUT2D eigenvalue weighted by atomic mass is 127. The van der Waals surface area contributed by atoms with Crippen molar-refractivity contribution < 1.29 is 12.9 Å². The van der Waals surface area contributed by atoms with Crippen LogP contribution in [0.1, 0.15) is 12.6 Å². The molecule has 21 heavy (non-hydrogen) atoms. The van der Waals surface area contributed by atoms with Crippen molar-refractivity contribution in [3.05, 3.63) is 12.0 Å². The number of aryl methyl sites for hydroxylation is 1. The number of nitrogen functional groups attached to an aromatic ring is 1. The van der Waals surface area contributed by atoms with E-state index in [0.717, 1.165) is 5.69 Å². The summed E-state index contributed by atoms with van der Waals surface area (Å²) in [4.78, 5) is 12.6. The van der Waals surface area contributed by atoms with E-state index in [4.69, 9.17) is 13.5 Å². The molecule has 0 aliphatic heterocycles. The summed E-state index contributed by atoms with van der Waals surface area (Å²) in [5.41, 5.74) is 7.74. The standard InChI is InChI=1S/C12H18IN5O3/c1-7(5-20-13)21-9(4-19)3-18-6-15-10-8(2)16-12(14)17-11(10)18/h6-7,9,19H,3-5H2,1-2H3,(H2,14,16,17)/t7-,9-/m0/s1. The highest BCUT2D eigenvalue weighted by molar-refractivity contribution is 14.1. The van der Waals surface area contributed by atoms with Crippen molar-refractivity contribution >= 4 is 40.1 Å². The molecule has 116 valence electrons. The van der Waals surface area contributed by atoms with Gasteiger partial charge in [-0.3, -0.25) is 0 Å². The molecule has 0 spiro atoms. The number of nitrogens with zero attached hydrogens (tertiary/aromatic N) is 4. The Kier molecular flexibility index (Phi) is 5.67. The van der Waals surface area contributed by atoms with Crippen molar-refractivity contribution in [2.24, 2.45) is 0 Å². The second-order valence-electron chi connectivity index (χ2n) is 4.76. The number of aliphatic hydroxyl groups is 1. The van der Waals surface area contributed by atoms with Crippen LogP contribution in [0.15, 0.2) is 6.33 Å². The molecule has 2 rings (SSSR count). The molecule has 2 aromatic rings. The van der Waals surface area contributed by atoms with Crippen LogP contribution in [0, 0.1) is 6.92 Å². The molecule has 0 bridgehead atoms. The quantitative estimate of drug-likeness (QED) is 0.656. The van der Waals surface area contributed by atoms with Crippen molar-refractivity contribution in [2.75, 3.05) is 18.9 Å². The van der Waals surface area contributed by atoms with Crippen LogP contribution in [0.25, 0.3) is 11.2 Å². The molecule has 0 saturated heterocycles. The van der Waals surface area contributed by atoms with Crippen LogP contribution in [0.4, 0.5) is 5.95 Å². The third-order valence-electron chi connectivity index (χ3n) is 2.98. The molecule has 0 aromatic carbocycles. The second-order valence-corrected chi connectivity index (χ2v) is 5.39. The number of hydrogen-bond acceptors (Lipinski definition) is 7. The topological polar surface area (TPSA) is 108 Å². The monoisotopic (exact) mass is 407 g/mol. The summed E-state index contributed by atoms with van der Waals surface area (Å²) in [6.45, 7) is 4.49. The zero-order chi connectivity index (χ0) is 15.4. The van der Waals surface area contributed by atoms with Crippen LogP contribution >= 0.6 is 23.0 Å². The summed E-state index contributed by atoms with van der Waals surface area (Å²) >= 11 is 1.81. The lowest BCUT2D eigenvalue weighted by Gasteiger charge is -2.20. The number of aromatic nitrogens is 4. The van der Waals surface area contributed by atoms with E-state index >= 15 is 0 Å². The number of halogens is 1. The van der Waals surface area contributed by atoms with Crippen molar-refractivity contribution in [2.45, 2.75) is 32.6 Å². The number of nitrogens with two attached hydrogens (primary N) is 1. The fourth-order valence-corrected chi connectivity index (χ4v) is 2.57. The molecular weight excluding hydrogens is 389 g/mol. The van der Waals surface area contributed by atoms with Crippen LogP contribution in [0.5, 0.6) is 0 Å². The smallest absolute Gasteiger partial charge is 0.222 e. The lowest BCUT2D eigenvalue weighted by atomic mass is 10.3. The van der Waals surface area contributed by atoms with Crippen LogP contribution in [-0.2, 0) is 14.3 Å². The summed E-state index contributed by atoms with van der Waals surface area (Å²) in [5, 5.41) is 9.46. The maximum atomic E-state index is 9.46. The van der Waals surface area contributed by atoms with Gasteiger partial charge < -0.3 is 23.2 Å². The number of anilines is 1. The summed E-state index contributed by atoms with van der Waals surface area (Å²) in [5.74, 6) is 0.204. The van der Waals surface area contributed by atoms with Gasteiger partial charge in [0, 0.05) is 0 Å². The first-order valence-corrected chi connectivity index (χ1v) is 7.38. The van der Waals surface area contributed by atoms with Gasteiger partial charge in [0.25, 0.3) is 0 Å². The van der Waals surface area contributed by atoms with Gasteiger partial charge in [0.1, 0.15) is 28.5 Å². The van der Waals surface area contributed by atoms with Crippen molar-refractivity contribution in [3.8, 4) is 0 Å². The first-order valence-electron chi connectivity index (χ1n) is 6.50. The van der Waals surface area contributed by atoms with E-state index in [-0.39, 0.29) is 24.8 Å². The molecular formula is C12H18IN5O3. The molecule has 8 nitrogen and oxygen atoms in total. The molecule has 0 unspecified atom stereocenters. The molecule has 2 aromatic heterocycles. The van der Waals surface area contributed by atoms with Gasteiger partial charge in [-0.2, -0.15) is 4.98 Å². The molecule has 0 radical (unpaired) electrons. The van der Waals surface area contributed by atoms with Gasteiger partial charge in [0.2, 0.25) is 5.95 Å². The van der Waals surface area contributed by atoms with Gasteiger partial charge >= 0.3 is 0 Å². The first-order chi connectivity index (χ1) is 10.0. The van der Waals surface area contributed by atoms with E-state index in [9.17, 15) is 5.11 Å². The van der Waals surface area contributed by atoms with Gasteiger partial charge in [-0.15, -0.1) is 0 Å². The molecule has 0 aliphatic carbocycles. The Morgan fingerprint density at radius 3 is 2.90 bits per heavy atom. The zero-order valence-electron chi connectivity index (χ0n) is 11.9.